The molecule has 3 aromatic carbocycles. The molecule has 0 heterocycles. The van der Waals surface area contributed by atoms with E-state index in [2.05, 4.69) is 94.5 Å². The van der Waals surface area contributed by atoms with Crippen LogP contribution < -0.4 is 0 Å². The Balaban J connectivity index is 1.87. The number of benzene rings is 3. The van der Waals surface area contributed by atoms with Crippen LogP contribution >= 0.6 is 18.6 Å². The standard InChI is InChI=1S/2C9H7.C7H6.CH3.2ClH.Ti/c2*1-2-5-9-7-3-6-8(9)4-1;1-7-5-3-2-4-6-7;;;;/h2*1-7H;1-6H;1H3;2*1H;/q;;;;;;+2/p-2. The van der Waals surface area contributed by atoms with E-state index in [4.69, 9.17) is 18.6 Å². The van der Waals surface area contributed by atoms with E-state index in [9.17, 15) is 0 Å². The van der Waals surface area contributed by atoms with Crippen molar-refractivity contribution in [1.82, 2.24) is 0 Å². The molecule has 0 amide bonds. The molecule has 145 valence electrons. The van der Waals surface area contributed by atoms with Gasteiger partial charge in [0.1, 0.15) is 0 Å². The zero-order chi connectivity index (χ0) is 20.2. The number of rotatable bonds is 3. The van der Waals surface area contributed by atoms with Gasteiger partial charge in [0, 0.05) is 0 Å². The molecule has 0 saturated heterocycles. The molecule has 29 heavy (non-hydrogen) atoms. The third-order valence-electron chi connectivity index (χ3n) is 6.80. The normalized spacial score (nSPS) is 21.9. The molecule has 2 unspecified atom stereocenters. The van der Waals surface area contributed by atoms with E-state index in [0.717, 1.165) is 5.56 Å². The average molecular weight is 454 g/mol. The second kappa shape index (κ2) is 6.16. The summed E-state index contributed by atoms with van der Waals surface area (Å²) in [7, 11) is 16.1. The summed E-state index contributed by atoms with van der Waals surface area (Å²) in [5, 5.41) is 2.18. The number of hydrogen-bond donors (Lipinski definition) is 0. The molecule has 0 aromatic heterocycles. The third kappa shape index (κ3) is 2.89. The SMILES string of the molecule is [CH3][Ti]([Cl])([Cl])(=[CH]c1ccccc1)([CH]1C=Cc2ccccc21)[CH]1C=Cc2ccccc21. The summed E-state index contributed by atoms with van der Waals surface area (Å²) < 4.78 is 2.18. The summed E-state index contributed by atoms with van der Waals surface area (Å²) in [5.74, 6) is 0. The first-order chi connectivity index (χ1) is 13.8. The van der Waals surface area contributed by atoms with Crippen LogP contribution in [0.15, 0.2) is 91.0 Å². The van der Waals surface area contributed by atoms with E-state index in [1.165, 1.54) is 22.3 Å². The number of fused-ring (bicyclic) bond motifs is 2. The molecule has 5 rings (SSSR count). The van der Waals surface area contributed by atoms with E-state index < -0.39 is 11.4 Å². The second-order valence-electron chi connectivity index (χ2n) is 8.96. The fourth-order valence-electron chi connectivity index (χ4n) is 5.37. The van der Waals surface area contributed by atoms with Crippen molar-refractivity contribution in [3.63, 3.8) is 0 Å². The quantitative estimate of drug-likeness (QED) is 0.353. The van der Waals surface area contributed by atoms with Gasteiger partial charge in [0.25, 0.3) is 0 Å². The van der Waals surface area contributed by atoms with Gasteiger partial charge in [-0.3, -0.25) is 0 Å². The molecule has 3 aromatic rings. The van der Waals surface area contributed by atoms with Crippen LogP contribution in [-0.2, 0) is 11.4 Å². The van der Waals surface area contributed by atoms with Crippen LogP contribution in [0.1, 0.15) is 36.3 Å². The van der Waals surface area contributed by atoms with Crippen LogP contribution in [0, 0.1) is 0 Å². The zero-order valence-corrected chi connectivity index (χ0v) is 19.4. The second-order valence-corrected chi connectivity index (χ2v) is 29.9. The Morgan fingerprint density at radius 2 is 1.10 bits per heavy atom. The number of halogens is 2. The van der Waals surface area contributed by atoms with Crippen molar-refractivity contribution in [1.29, 1.82) is 0 Å². The zero-order valence-electron chi connectivity index (χ0n) is 16.3. The molecule has 0 saturated carbocycles. The first-order valence-corrected chi connectivity index (χ1v) is 18.6. The van der Waals surface area contributed by atoms with Crippen LogP contribution in [0.4, 0.5) is 0 Å². The van der Waals surface area contributed by atoms with Gasteiger partial charge in [0.2, 0.25) is 0 Å². The molecule has 0 spiro atoms. The maximum absolute atomic E-state index is 8.05. The first kappa shape index (κ1) is 19.3. The number of allylic oxidation sites excluding steroid dienone is 2. The molecular weight excluding hydrogens is 431 g/mol. The Morgan fingerprint density at radius 1 is 0.655 bits per heavy atom. The van der Waals surface area contributed by atoms with E-state index in [-0.39, 0.29) is 8.45 Å². The minimum atomic E-state index is -5.03. The average Bonchev–Trinajstić information content (AvgIpc) is 3.34. The van der Waals surface area contributed by atoms with Gasteiger partial charge in [-0.2, -0.15) is 0 Å². The fourth-order valence-corrected chi connectivity index (χ4v) is 18.2. The predicted molar refractivity (Wildman–Crippen MR) is 126 cm³/mol. The van der Waals surface area contributed by atoms with Gasteiger partial charge in [0.15, 0.2) is 0 Å². The minimum absolute atomic E-state index is 0.0319. The molecule has 2 aliphatic rings. The predicted octanol–water partition coefficient (Wildman–Crippen LogP) is 7.95. The maximum atomic E-state index is 8.05. The van der Waals surface area contributed by atoms with E-state index in [1.54, 1.807) is 0 Å². The van der Waals surface area contributed by atoms with Crippen LogP contribution in [0.3, 0.4) is 0 Å². The summed E-state index contributed by atoms with van der Waals surface area (Å²) in [5.41, 5.74) is 5.97. The van der Waals surface area contributed by atoms with Gasteiger partial charge in [0.05, 0.1) is 0 Å². The van der Waals surface area contributed by atoms with Crippen LogP contribution in [0.2, 0.25) is 5.23 Å². The van der Waals surface area contributed by atoms with E-state index >= 15 is 0 Å². The Morgan fingerprint density at radius 3 is 1.62 bits per heavy atom. The van der Waals surface area contributed by atoms with Gasteiger partial charge in [-0.1, -0.05) is 0 Å². The van der Waals surface area contributed by atoms with Crippen molar-refractivity contribution in [2.45, 2.75) is 13.7 Å². The molecule has 0 nitrogen and oxygen atoms in total. The molecule has 2 atom stereocenters. The van der Waals surface area contributed by atoms with Crippen LogP contribution in [-0.4, -0.2) is 4.31 Å². The summed E-state index contributed by atoms with van der Waals surface area (Å²) in [4.78, 5) is 0. The summed E-state index contributed by atoms with van der Waals surface area (Å²) in [6.07, 6.45) is 8.84. The molecule has 0 bridgehead atoms. The van der Waals surface area contributed by atoms with Gasteiger partial charge in [-0.25, -0.2) is 0 Å². The molecule has 0 aliphatic heterocycles. The van der Waals surface area contributed by atoms with Crippen molar-refractivity contribution in [2.24, 2.45) is 0 Å². The summed E-state index contributed by atoms with van der Waals surface area (Å²) >= 11 is -5.03. The van der Waals surface area contributed by atoms with Gasteiger partial charge < -0.3 is 0 Å². The molecule has 3 heteroatoms. The van der Waals surface area contributed by atoms with Gasteiger partial charge in [-0.05, 0) is 0 Å². The summed E-state index contributed by atoms with van der Waals surface area (Å²) in [6, 6.07) is 27.3. The van der Waals surface area contributed by atoms with Crippen LogP contribution in [0.5, 0.6) is 0 Å². The van der Waals surface area contributed by atoms with Crippen molar-refractivity contribution >= 4 is 35.1 Å². The molecule has 0 fully saturated rings. The van der Waals surface area contributed by atoms with Crippen molar-refractivity contribution in [3.05, 3.63) is 119 Å². The Hall–Kier alpha value is -1.70. The number of hydrogen-bond acceptors (Lipinski definition) is 0. The Labute approximate surface area is 178 Å². The van der Waals surface area contributed by atoms with Crippen molar-refractivity contribution < 1.29 is 11.4 Å². The van der Waals surface area contributed by atoms with E-state index in [0.29, 0.717) is 0 Å². The topological polar surface area (TPSA) is 0 Å². The molecule has 0 N–H and O–H groups in total. The van der Waals surface area contributed by atoms with Gasteiger partial charge >= 0.3 is 179 Å². The Bertz CT molecular complexity index is 1190. The monoisotopic (exact) mass is 453 g/mol. The Kier molecular flexibility index (Phi) is 4.09. The van der Waals surface area contributed by atoms with Gasteiger partial charge in [-0.15, -0.1) is 0 Å². The fraction of sp³-hybridized carbons (Fsp3) is 0.115. The third-order valence-corrected chi connectivity index (χ3v) is 20.6. The van der Waals surface area contributed by atoms with Crippen molar-refractivity contribution in [2.75, 3.05) is 0 Å². The molecule has 2 aliphatic carbocycles. The van der Waals surface area contributed by atoms with E-state index in [1.807, 2.05) is 18.2 Å². The molecule has 0 radical (unpaired) electrons. The summed E-state index contributed by atoms with van der Waals surface area (Å²) in [6.45, 7) is 0. The first-order valence-electron chi connectivity index (χ1n) is 10.1. The van der Waals surface area contributed by atoms with Crippen LogP contribution in [0.25, 0.3) is 12.2 Å². The van der Waals surface area contributed by atoms with Crippen molar-refractivity contribution in [3.8, 4) is 0 Å². The molecular formula is C26H23Cl2Ti.